The lowest BCUT2D eigenvalue weighted by Crippen LogP contribution is -1.92. The minimum atomic E-state index is 0.789. The molecule has 0 unspecified atom stereocenters. The molecule has 2 aromatic carbocycles. The molecule has 1 aromatic heterocycles. The van der Waals surface area contributed by atoms with Crippen LogP contribution in [0.25, 0.3) is 16.8 Å². The van der Waals surface area contributed by atoms with Gasteiger partial charge in [-0.1, -0.05) is 24.3 Å². The van der Waals surface area contributed by atoms with Crippen molar-refractivity contribution >= 4 is 5.69 Å². The van der Waals surface area contributed by atoms with E-state index in [0.29, 0.717) is 0 Å². The maximum Gasteiger partial charge on any atom is 0.0645 e. The number of nitrogen functional groups attached to an aromatic ring is 1. The molecule has 3 rings (SSSR count). The Labute approximate surface area is 112 Å². The van der Waals surface area contributed by atoms with Crippen LogP contribution >= 0.6 is 0 Å². The molecule has 0 fully saturated rings. The second-order valence-electron chi connectivity index (χ2n) is 4.58. The SMILES string of the molecule is Cc1cc(N)ccc1-c1cnn(-c2ccccc2)c1. The Morgan fingerprint density at radius 1 is 1.05 bits per heavy atom. The largest absolute Gasteiger partial charge is 0.399 e. The van der Waals surface area contributed by atoms with Gasteiger partial charge in [0, 0.05) is 17.4 Å². The van der Waals surface area contributed by atoms with E-state index < -0.39 is 0 Å². The molecule has 2 N–H and O–H groups in total. The van der Waals surface area contributed by atoms with Gasteiger partial charge in [-0.3, -0.25) is 0 Å². The van der Waals surface area contributed by atoms with Crippen molar-refractivity contribution in [3.63, 3.8) is 0 Å². The lowest BCUT2D eigenvalue weighted by Gasteiger charge is -2.04. The zero-order valence-electron chi connectivity index (χ0n) is 10.7. The zero-order chi connectivity index (χ0) is 13.2. The Morgan fingerprint density at radius 2 is 1.84 bits per heavy atom. The minimum Gasteiger partial charge on any atom is -0.399 e. The molecule has 0 saturated heterocycles. The van der Waals surface area contributed by atoms with Crippen LogP contribution in [0.3, 0.4) is 0 Å². The fourth-order valence-electron chi connectivity index (χ4n) is 2.19. The molecule has 0 saturated carbocycles. The number of aromatic nitrogens is 2. The van der Waals surface area contributed by atoms with Crippen molar-refractivity contribution in [2.24, 2.45) is 0 Å². The van der Waals surface area contributed by atoms with Crippen LogP contribution in [-0.4, -0.2) is 9.78 Å². The van der Waals surface area contributed by atoms with Crippen LogP contribution in [0.1, 0.15) is 5.56 Å². The maximum absolute atomic E-state index is 5.78. The van der Waals surface area contributed by atoms with Crippen LogP contribution in [0.15, 0.2) is 60.9 Å². The Morgan fingerprint density at radius 3 is 2.58 bits per heavy atom. The van der Waals surface area contributed by atoms with Crippen molar-refractivity contribution in [1.29, 1.82) is 0 Å². The summed E-state index contributed by atoms with van der Waals surface area (Å²) in [6, 6.07) is 16.0. The van der Waals surface area contributed by atoms with Crippen LogP contribution in [-0.2, 0) is 0 Å². The van der Waals surface area contributed by atoms with Crippen molar-refractivity contribution in [1.82, 2.24) is 9.78 Å². The summed E-state index contributed by atoms with van der Waals surface area (Å²) in [6.45, 7) is 2.06. The van der Waals surface area contributed by atoms with Gasteiger partial charge in [-0.2, -0.15) is 5.10 Å². The number of rotatable bonds is 2. The monoisotopic (exact) mass is 249 g/mol. The van der Waals surface area contributed by atoms with Gasteiger partial charge in [0.25, 0.3) is 0 Å². The Kier molecular flexibility index (Phi) is 2.80. The van der Waals surface area contributed by atoms with Crippen molar-refractivity contribution in [2.75, 3.05) is 5.73 Å². The van der Waals surface area contributed by atoms with Gasteiger partial charge in [-0.25, -0.2) is 4.68 Å². The highest BCUT2D eigenvalue weighted by Gasteiger charge is 2.06. The standard InChI is InChI=1S/C16H15N3/c1-12-9-14(17)7-8-16(12)13-10-18-19(11-13)15-5-3-2-4-6-15/h2-11H,17H2,1H3. The number of anilines is 1. The summed E-state index contributed by atoms with van der Waals surface area (Å²) >= 11 is 0. The highest BCUT2D eigenvalue weighted by molar-refractivity contribution is 5.68. The van der Waals surface area contributed by atoms with Crippen LogP contribution < -0.4 is 5.73 Å². The average Bonchev–Trinajstić information content (AvgIpc) is 2.89. The number of hydrogen-bond acceptors (Lipinski definition) is 2. The highest BCUT2D eigenvalue weighted by atomic mass is 15.3. The number of aryl methyl sites for hydroxylation is 1. The molecular weight excluding hydrogens is 234 g/mol. The van der Waals surface area contributed by atoms with Gasteiger partial charge in [0.05, 0.1) is 11.9 Å². The summed E-state index contributed by atoms with van der Waals surface area (Å²) in [4.78, 5) is 0. The second-order valence-corrected chi connectivity index (χ2v) is 4.58. The van der Waals surface area contributed by atoms with Crippen LogP contribution in [0, 0.1) is 6.92 Å². The maximum atomic E-state index is 5.78. The molecule has 94 valence electrons. The van der Waals surface area contributed by atoms with E-state index in [1.54, 1.807) is 0 Å². The molecule has 3 heteroatoms. The fourth-order valence-corrected chi connectivity index (χ4v) is 2.19. The van der Waals surface area contributed by atoms with Crippen LogP contribution in [0.4, 0.5) is 5.69 Å². The molecule has 19 heavy (non-hydrogen) atoms. The Balaban J connectivity index is 2.02. The van der Waals surface area contributed by atoms with E-state index in [9.17, 15) is 0 Å². The molecule has 3 aromatic rings. The molecule has 0 radical (unpaired) electrons. The fraction of sp³-hybridized carbons (Fsp3) is 0.0625. The van der Waals surface area contributed by atoms with Crippen molar-refractivity contribution in [3.8, 4) is 16.8 Å². The van der Waals surface area contributed by atoms with Crippen LogP contribution in [0.2, 0.25) is 0 Å². The summed E-state index contributed by atoms with van der Waals surface area (Å²) in [6.07, 6.45) is 3.92. The molecule has 0 aliphatic rings. The van der Waals surface area contributed by atoms with E-state index >= 15 is 0 Å². The van der Waals surface area contributed by atoms with Crippen molar-refractivity contribution in [3.05, 3.63) is 66.5 Å². The number of nitrogens with two attached hydrogens (primary N) is 1. The summed E-state index contributed by atoms with van der Waals surface area (Å²) in [5.74, 6) is 0. The molecular formula is C16H15N3. The van der Waals surface area contributed by atoms with E-state index in [1.165, 1.54) is 0 Å². The topological polar surface area (TPSA) is 43.8 Å². The number of benzene rings is 2. The van der Waals surface area contributed by atoms with Gasteiger partial charge in [0.2, 0.25) is 0 Å². The lowest BCUT2D eigenvalue weighted by molar-refractivity contribution is 0.881. The minimum absolute atomic E-state index is 0.789. The third kappa shape index (κ3) is 2.22. The molecule has 0 atom stereocenters. The molecule has 0 amide bonds. The first-order chi connectivity index (χ1) is 9.24. The third-order valence-corrected chi connectivity index (χ3v) is 3.16. The summed E-state index contributed by atoms with van der Waals surface area (Å²) in [7, 11) is 0. The van der Waals surface area contributed by atoms with Crippen molar-refractivity contribution in [2.45, 2.75) is 6.92 Å². The van der Waals surface area contributed by atoms with Crippen LogP contribution in [0.5, 0.6) is 0 Å². The highest BCUT2D eigenvalue weighted by Crippen LogP contribution is 2.25. The molecule has 1 heterocycles. The van der Waals surface area contributed by atoms with E-state index in [0.717, 1.165) is 28.1 Å². The predicted octanol–water partition coefficient (Wildman–Crippen LogP) is 3.43. The van der Waals surface area contributed by atoms with E-state index in [-0.39, 0.29) is 0 Å². The van der Waals surface area contributed by atoms with E-state index in [2.05, 4.69) is 12.0 Å². The summed E-state index contributed by atoms with van der Waals surface area (Å²) in [5.41, 5.74) is 11.0. The third-order valence-electron chi connectivity index (χ3n) is 3.16. The zero-order valence-corrected chi connectivity index (χ0v) is 10.7. The molecule has 3 nitrogen and oxygen atoms in total. The first kappa shape index (κ1) is 11.5. The van der Waals surface area contributed by atoms with Gasteiger partial charge in [-0.05, 0) is 42.3 Å². The normalized spacial score (nSPS) is 10.6. The quantitative estimate of drug-likeness (QED) is 0.707. The van der Waals surface area contributed by atoms with Gasteiger partial charge in [-0.15, -0.1) is 0 Å². The number of nitrogens with zero attached hydrogens (tertiary/aromatic N) is 2. The number of hydrogen-bond donors (Lipinski definition) is 1. The predicted molar refractivity (Wildman–Crippen MR) is 78.1 cm³/mol. The first-order valence-electron chi connectivity index (χ1n) is 6.20. The second kappa shape index (κ2) is 4.61. The smallest absolute Gasteiger partial charge is 0.0645 e. The van der Waals surface area contributed by atoms with E-state index in [4.69, 9.17) is 5.73 Å². The first-order valence-corrected chi connectivity index (χ1v) is 6.20. The lowest BCUT2D eigenvalue weighted by atomic mass is 10.0. The van der Waals surface area contributed by atoms with Crippen molar-refractivity contribution < 1.29 is 0 Å². The van der Waals surface area contributed by atoms with Gasteiger partial charge in [0.1, 0.15) is 0 Å². The Hall–Kier alpha value is -2.55. The average molecular weight is 249 g/mol. The molecule has 0 bridgehead atoms. The molecule has 0 spiro atoms. The number of para-hydroxylation sites is 1. The van der Waals surface area contributed by atoms with E-state index in [1.807, 2.05) is 65.6 Å². The van der Waals surface area contributed by atoms with Gasteiger partial charge < -0.3 is 5.73 Å². The Bertz CT molecular complexity index is 699. The van der Waals surface area contributed by atoms with Gasteiger partial charge in [0.15, 0.2) is 0 Å². The summed E-state index contributed by atoms with van der Waals surface area (Å²) in [5, 5.41) is 4.41. The van der Waals surface area contributed by atoms with Gasteiger partial charge >= 0.3 is 0 Å². The molecule has 0 aliphatic carbocycles. The summed E-state index contributed by atoms with van der Waals surface area (Å²) < 4.78 is 1.88. The molecule has 0 aliphatic heterocycles.